The predicted octanol–water partition coefficient (Wildman–Crippen LogP) is 4.07. The Hall–Kier alpha value is -2.13. The SMILES string of the molecule is C[C@@H]1OC(=O)[C@@H](N)CCC[C@H](Cc2ccccc2)[C@H]1c1ccccc1. The zero-order chi connectivity index (χ0) is 17.6. The van der Waals surface area contributed by atoms with Gasteiger partial charge in [0.05, 0.1) is 0 Å². The molecule has 2 aromatic rings. The first-order valence-corrected chi connectivity index (χ1v) is 9.20. The molecule has 0 saturated carbocycles. The number of hydrogen-bond donors (Lipinski definition) is 1. The summed E-state index contributed by atoms with van der Waals surface area (Å²) in [6.07, 6.45) is 3.48. The summed E-state index contributed by atoms with van der Waals surface area (Å²) < 4.78 is 5.75. The molecule has 0 aliphatic carbocycles. The Morgan fingerprint density at radius 2 is 1.64 bits per heavy atom. The molecule has 1 aliphatic heterocycles. The minimum Gasteiger partial charge on any atom is -0.461 e. The molecule has 2 aromatic carbocycles. The Kier molecular flexibility index (Phi) is 5.87. The summed E-state index contributed by atoms with van der Waals surface area (Å²) in [4.78, 5) is 12.2. The molecule has 0 spiro atoms. The molecular weight excluding hydrogens is 310 g/mol. The van der Waals surface area contributed by atoms with Crippen molar-refractivity contribution in [2.24, 2.45) is 11.7 Å². The van der Waals surface area contributed by atoms with E-state index < -0.39 is 6.04 Å². The van der Waals surface area contributed by atoms with E-state index in [9.17, 15) is 4.79 Å². The van der Waals surface area contributed by atoms with Gasteiger partial charge in [-0.25, -0.2) is 0 Å². The molecule has 132 valence electrons. The van der Waals surface area contributed by atoms with Gasteiger partial charge in [0.2, 0.25) is 0 Å². The van der Waals surface area contributed by atoms with Crippen molar-refractivity contribution >= 4 is 5.97 Å². The first-order valence-electron chi connectivity index (χ1n) is 9.20. The Labute approximate surface area is 150 Å². The summed E-state index contributed by atoms with van der Waals surface area (Å²) in [5.41, 5.74) is 8.55. The van der Waals surface area contributed by atoms with Crippen LogP contribution in [0.1, 0.15) is 43.2 Å². The van der Waals surface area contributed by atoms with Crippen molar-refractivity contribution in [1.82, 2.24) is 0 Å². The van der Waals surface area contributed by atoms with Crippen LogP contribution in [-0.2, 0) is 16.0 Å². The largest absolute Gasteiger partial charge is 0.461 e. The lowest BCUT2D eigenvalue weighted by atomic mass is 9.76. The van der Waals surface area contributed by atoms with Gasteiger partial charge < -0.3 is 10.5 Å². The van der Waals surface area contributed by atoms with Gasteiger partial charge in [-0.3, -0.25) is 4.79 Å². The molecule has 4 atom stereocenters. The van der Waals surface area contributed by atoms with Crippen molar-refractivity contribution in [3.05, 3.63) is 71.8 Å². The van der Waals surface area contributed by atoms with Crippen molar-refractivity contribution in [2.45, 2.75) is 50.7 Å². The fourth-order valence-corrected chi connectivity index (χ4v) is 3.99. The van der Waals surface area contributed by atoms with E-state index in [-0.39, 0.29) is 18.0 Å². The third-order valence-electron chi connectivity index (χ3n) is 5.23. The topological polar surface area (TPSA) is 52.3 Å². The van der Waals surface area contributed by atoms with Crippen LogP contribution < -0.4 is 5.73 Å². The number of rotatable bonds is 3. The summed E-state index contributed by atoms with van der Waals surface area (Å²) in [7, 11) is 0. The molecule has 0 bridgehead atoms. The van der Waals surface area contributed by atoms with E-state index in [0.29, 0.717) is 12.3 Å². The van der Waals surface area contributed by atoms with Crippen LogP contribution in [0.2, 0.25) is 0 Å². The Morgan fingerprint density at radius 1 is 1.00 bits per heavy atom. The third kappa shape index (κ3) is 4.49. The van der Waals surface area contributed by atoms with Crippen LogP contribution in [-0.4, -0.2) is 18.1 Å². The summed E-state index contributed by atoms with van der Waals surface area (Å²) in [5, 5.41) is 0. The van der Waals surface area contributed by atoms with Crippen LogP contribution in [0.15, 0.2) is 60.7 Å². The zero-order valence-corrected chi connectivity index (χ0v) is 14.8. The average Bonchev–Trinajstić information content (AvgIpc) is 2.67. The second-order valence-corrected chi connectivity index (χ2v) is 7.07. The molecule has 3 heteroatoms. The number of nitrogens with two attached hydrogens (primary N) is 1. The fraction of sp³-hybridized carbons (Fsp3) is 0.409. The average molecular weight is 337 g/mol. The number of esters is 1. The van der Waals surface area contributed by atoms with Crippen molar-refractivity contribution in [3.63, 3.8) is 0 Å². The normalized spacial score (nSPS) is 27.7. The van der Waals surface area contributed by atoms with Crippen molar-refractivity contribution < 1.29 is 9.53 Å². The number of cyclic esters (lactones) is 1. The standard InChI is InChI=1S/C22H27NO2/c1-16-21(18-11-6-3-7-12-18)19(15-17-9-4-2-5-10-17)13-8-14-20(23)22(24)25-16/h2-7,9-12,16,19-21H,8,13-15,23H2,1H3/t16-,19+,20-,21+/m0/s1. The molecule has 2 N–H and O–H groups in total. The molecule has 0 amide bonds. The highest BCUT2D eigenvalue weighted by molar-refractivity contribution is 5.75. The molecule has 3 rings (SSSR count). The van der Waals surface area contributed by atoms with Gasteiger partial charge in [-0.2, -0.15) is 0 Å². The fourth-order valence-electron chi connectivity index (χ4n) is 3.99. The number of carbonyl (C=O) groups excluding carboxylic acids is 1. The van der Waals surface area contributed by atoms with Gasteiger partial charge in [0, 0.05) is 5.92 Å². The summed E-state index contributed by atoms with van der Waals surface area (Å²) in [5.74, 6) is 0.322. The van der Waals surface area contributed by atoms with E-state index in [1.54, 1.807) is 0 Å². The summed E-state index contributed by atoms with van der Waals surface area (Å²) >= 11 is 0. The Morgan fingerprint density at radius 3 is 2.32 bits per heavy atom. The van der Waals surface area contributed by atoms with Gasteiger partial charge in [0.25, 0.3) is 0 Å². The van der Waals surface area contributed by atoms with Crippen molar-refractivity contribution in [3.8, 4) is 0 Å². The number of carbonyl (C=O) groups is 1. The highest BCUT2D eigenvalue weighted by atomic mass is 16.5. The maximum atomic E-state index is 12.2. The van der Waals surface area contributed by atoms with Crippen molar-refractivity contribution in [1.29, 1.82) is 0 Å². The van der Waals surface area contributed by atoms with E-state index in [0.717, 1.165) is 19.3 Å². The van der Waals surface area contributed by atoms with Gasteiger partial charge in [-0.15, -0.1) is 0 Å². The van der Waals surface area contributed by atoms with Crippen LogP contribution in [0.4, 0.5) is 0 Å². The first kappa shape index (κ1) is 17.7. The van der Waals surface area contributed by atoms with E-state index in [2.05, 4.69) is 48.5 Å². The lowest BCUT2D eigenvalue weighted by molar-refractivity contribution is -0.151. The van der Waals surface area contributed by atoms with Crippen molar-refractivity contribution in [2.75, 3.05) is 0 Å². The van der Waals surface area contributed by atoms with Crippen LogP contribution in [0.5, 0.6) is 0 Å². The third-order valence-corrected chi connectivity index (χ3v) is 5.23. The van der Waals surface area contributed by atoms with Crippen LogP contribution in [0.25, 0.3) is 0 Å². The Bertz CT molecular complexity index is 671. The molecule has 25 heavy (non-hydrogen) atoms. The smallest absolute Gasteiger partial charge is 0.323 e. The second kappa shape index (κ2) is 8.30. The van der Waals surface area contributed by atoms with E-state index in [4.69, 9.17) is 10.5 Å². The quantitative estimate of drug-likeness (QED) is 0.859. The summed E-state index contributed by atoms with van der Waals surface area (Å²) in [6, 6.07) is 20.5. The summed E-state index contributed by atoms with van der Waals surface area (Å²) in [6.45, 7) is 2.01. The van der Waals surface area contributed by atoms with E-state index in [1.165, 1.54) is 11.1 Å². The first-order chi connectivity index (χ1) is 12.1. The maximum absolute atomic E-state index is 12.2. The molecular formula is C22H27NO2. The highest BCUT2D eigenvalue weighted by Gasteiger charge is 2.33. The van der Waals surface area contributed by atoms with Gasteiger partial charge in [0.15, 0.2) is 0 Å². The molecule has 1 aliphatic rings. The zero-order valence-electron chi connectivity index (χ0n) is 14.8. The highest BCUT2D eigenvalue weighted by Crippen LogP contribution is 2.36. The molecule has 1 heterocycles. The molecule has 0 aromatic heterocycles. The van der Waals surface area contributed by atoms with Crippen LogP contribution >= 0.6 is 0 Å². The molecule has 1 saturated heterocycles. The van der Waals surface area contributed by atoms with Gasteiger partial charge in [-0.05, 0) is 43.2 Å². The van der Waals surface area contributed by atoms with Crippen LogP contribution in [0.3, 0.4) is 0 Å². The van der Waals surface area contributed by atoms with Gasteiger partial charge in [-0.1, -0.05) is 67.1 Å². The number of hydrogen-bond acceptors (Lipinski definition) is 3. The monoisotopic (exact) mass is 337 g/mol. The predicted molar refractivity (Wildman–Crippen MR) is 100 cm³/mol. The minimum atomic E-state index is -0.505. The van der Waals surface area contributed by atoms with Crippen LogP contribution in [0, 0.1) is 5.92 Å². The van der Waals surface area contributed by atoms with E-state index >= 15 is 0 Å². The molecule has 0 radical (unpaired) electrons. The van der Waals surface area contributed by atoms with Gasteiger partial charge >= 0.3 is 5.97 Å². The molecule has 1 fully saturated rings. The Balaban J connectivity index is 1.92. The number of benzene rings is 2. The maximum Gasteiger partial charge on any atom is 0.323 e. The van der Waals surface area contributed by atoms with Gasteiger partial charge in [0.1, 0.15) is 12.1 Å². The number of ether oxygens (including phenoxy) is 1. The second-order valence-electron chi connectivity index (χ2n) is 7.07. The molecule has 0 unspecified atom stereocenters. The molecule has 3 nitrogen and oxygen atoms in total. The minimum absolute atomic E-state index is 0.177. The lowest BCUT2D eigenvalue weighted by Crippen LogP contribution is -2.35. The van der Waals surface area contributed by atoms with E-state index in [1.807, 2.05) is 19.1 Å². The lowest BCUT2D eigenvalue weighted by Gasteiger charge is -2.31.